The molecule has 0 unspecified atom stereocenters. The van der Waals surface area contributed by atoms with E-state index in [-0.39, 0.29) is 23.9 Å². The lowest BCUT2D eigenvalue weighted by Crippen LogP contribution is -2.51. The number of nitrogens with zero attached hydrogens (tertiary/aromatic N) is 2. The van der Waals surface area contributed by atoms with Crippen LogP contribution in [0.1, 0.15) is 71.1 Å². The van der Waals surface area contributed by atoms with Crippen molar-refractivity contribution in [1.82, 2.24) is 9.88 Å². The molecule has 9 heteroatoms. The molecule has 0 aromatic carbocycles. The Morgan fingerprint density at radius 3 is 2.57 bits per heavy atom. The Morgan fingerprint density at radius 1 is 1.20 bits per heavy atom. The largest absolute Gasteiger partial charge is 0.481 e. The molecule has 2 aliphatic rings. The predicted octanol–water partition coefficient (Wildman–Crippen LogP) is 5.22. The number of urea groups is 1. The van der Waals surface area contributed by atoms with Crippen LogP contribution in [0.5, 0.6) is 0 Å². The number of carbonyl (C=O) groups is 2. The number of amides is 2. The number of hydrogen-bond donors (Lipinski definition) is 2. The van der Waals surface area contributed by atoms with Gasteiger partial charge in [0.05, 0.1) is 22.3 Å². The average Bonchev–Trinajstić information content (AvgIpc) is 3.20. The first kappa shape index (κ1) is 23.3. The highest BCUT2D eigenvalue weighted by Crippen LogP contribution is 2.33. The average molecular weight is 456 g/mol. The normalized spacial score (nSPS) is 22.6. The summed E-state index contributed by atoms with van der Waals surface area (Å²) in [5.41, 5.74) is 0. The van der Waals surface area contributed by atoms with Crippen molar-refractivity contribution in [2.24, 2.45) is 0 Å². The zero-order valence-electron chi connectivity index (χ0n) is 17.7. The smallest absolute Gasteiger partial charge is 0.324 e. The Balaban J connectivity index is 1.62. The molecule has 1 aromatic heterocycles. The Bertz CT molecular complexity index is 686. The summed E-state index contributed by atoms with van der Waals surface area (Å²) in [5, 5.41) is 12.4. The monoisotopic (exact) mass is 455 g/mol. The molecule has 2 saturated carbocycles. The Morgan fingerprint density at radius 2 is 1.90 bits per heavy atom. The lowest BCUT2D eigenvalue weighted by atomic mass is 9.88. The van der Waals surface area contributed by atoms with E-state index in [0.717, 1.165) is 55.8 Å². The second-order valence-electron chi connectivity index (χ2n) is 8.10. The lowest BCUT2D eigenvalue weighted by molar-refractivity contribution is -0.133. The maximum Gasteiger partial charge on any atom is 0.324 e. The van der Waals surface area contributed by atoms with Crippen LogP contribution in [0, 0.1) is 0 Å². The van der Waals surface area contributed by atoms with E-state index >= 15 is 0 Å². The fraction of sp³-hybridized carbons (Fsp3) is 0.762. The molecule has 0 aliphatic heterocycles. The van der Waals surface area contributed by atoms with E-state index in [4.69, 9.17) is 9.84 Å². The van der Waals surface area contributed by atoms with Gasteiger partial charge >= 0.3 is 12.0 Å². The number of thiazole rings is 1. The van der Waals surface area contributed by atoms with Gasteiger partial charge in [0.25, 0.3) is 0 Å². The first-order chi connectivity index (χ1) is 14.6. The van der Waals surface area contributed by atoms with Crippen LogP contribution in [0.2, 0.25) is 0 Å². The molecule has 0 atom stereocenters. The van der Waals surface area contributed by atoms with E-state index in [0.29, 0.717) is 11.2 Å². The van der Waals surface area contributed by atoms with Crippen LogP contribution in [0.15, 0.2) is 10.4 Å². The molecule has 0 spiro atoms. The summed E-state index contributed by atoms with van der Waals surface area (Å²) in [4.78, 5) is 30.4. The molecule has 7 nitrogen and oxygen atoms in total. The van der Waals surface area contributed by atoms with Crippen molar-refractivity contribution in [3.63, 3.8) is 0 Å². The molecular weight excluding hydrogens is 422 g/mol. The summed E-state index contributed by atoms with van der Waals surface area (Å²) in [6.45, 7) is 2.94. The van der Waals surface area contributed by atoms with Crippen LogP contribution in [0.4, 0.5) is 9.93 Å². The summed E-state index contributed by atoms with van der Waals surface area (Å²) >= 11 is 2.56. The van der Waals surface area contributed by atoms with Crippen molar-refractivity contribution in [3.05, 3.63) is 6.20 Å². The number of carboxylic acid groups (broad SMARTS) is 1. The Kier molecular flexibility index (Phi) is 9.27. The maximum atomic E-state index is 13.3. The molecule has 0 bridgehead atoms. The lowest BCUT2D eigenvalue weighted by Gasteiger charge is -2.42. The number of carboxylic acids is 1. The van der Waals surface area contributed by atoms with Gasteiger partial charge in [-0.05, 0) is 44.9 Å². The fourth-order valence-electron chi connectivity index (χ4n) is 4.44. The molecule has 1 aromatic rings. The van der Waals surface area contributed by atoms with Gasteiger partial charge in [0, 0.05) is 18.7 Å². The Hall–Kier alpha value is -1.32. The predicted molar refractivity (Wildman–Crippen MR) is 120 cm³/mol. The third kappa shape index (κ3) is 6.85. The molecule has 2 amide bonds. The van der Waals surface area contributed by atoms with Crippen LogP contribution < -0.4 is 5.32 Å². The van der Waals surface area contributed by atoms with E-state index < -0.39 is 5.97 Å². The van der Waals surface area contributed by atoms with E-state index in [1.54, 1.807) is 6.20 Å². The van der Waals surface area contributed by atoms with Gasteiger partial charge in [-0.2, -0.15) is 0 Å². The third-order valence-electron chi connectivity index (χ3n) is 5.83. The van der Waals surface area contributed by atoms with Gasteiger partial charge in [-0.1, -0.05) is 37.5 Å². The maximum absolute atomic E-state index is 13.3. The molecule has 2 fully saturated rings. The van der Waals surface area contributed by atoms with Crippen molar-refractivity contribution in [1.29, 1.82) is 0 Å². The van der Waals surface area contributed by atoms with Gasteiger partial charge in [0.15, 0.2) is 5.13 Å². The summed E-state index contributed by atoms with van der Waals surface area (Å²) in [7, 11) is 0. The van der Waals surface area contributed by atoms with Crippen molar-refractivity contribution in [2.75, 3.05) is 17.7 Å². The van der Waals surface area contributed by atoms with E-state index in [1.807, 2.05) is 0 Å². The van der Waals surface area contributed by atoms with Crippen molar-refractivity contribution in [2.45, 2.75) is 93.5 Å². The molecule has 2 N–H and O–H groups in total. The molecule has 30 heavy (non-hydrogen) atoms. The third-order valence-corrected chi connectivity index (χ3v) is 7.93. The van der Waals surface area contributed by atoms with Gasteiger partial charge in [-0.25, -0.2) is 9.78 Å². The summed E-state index contributed by atoms with van der Waals surface area (Å²) in [6.07, 6.45) is 12.7. The molecule has 0 radical (unpaired) electrons. The van der Waals surface area contributed by atoms with Gasteiger partial charge in [0.1, 0.15) is 0 Å². The van der Waals surface area contributed by atoms with E-state index in [9.17, 15) is 9.59 Å². The highest BCUT2D eigenvalue weighted by molar-refractivity contribution is 8.01. The zero-order valence-corrected chi connectivity index (χ0v) is 19.3. The minimum Gasteiger partial charge on any atom is -0.481 e. The first-order valence-electron chi connectivity index (χ1n) is 11.1. The summed E-state index contributed by atoms with van der Waals surface area (Å²) in [5.74, 6) is -0.867. The standard InChI is InChI=1S/C21H33N3O4S2/c1-2-12-28-17-10-8-16(9-11-17)24(15-6-4-3-5-7-15)21(27)23-20-22-13-19(30-20)29-14-18(25)26/h13,15-17H,2-12,14H2,1H3,(H,25,26)(H,22,23,27)/t16-,17+. The highest BCUT2D eigenvalue weighted by Gasteiger charge is 2.34. The number of nitrogens with one attached hydrogen (secondary N) is 1. The quantitative estimate of drug-likeness (QED) is 0.496. The van der Waals surface area contributed by atoms with Crippen LogP contribution in [0.3, 0.4) is 0 Å². The second-order valence-corrected chi connectivity index (χ2v) is 10.4. The topological polar surface area (TPSA) is 91.8 Å². The van der Waals surface area contributed by atoms with Crippen molar-refractivity contribution < 1.29 is 19.4 Å². The van der Waals surface area contributed by atoms with Crippen molar-refractivity contribution >= 4 is 40.2 Å². The van der Waals surface area contributed by atoms with Crippen molar-refractivity contribution in [3.8, 4) is 0 Å². The SMILES string of the molecule is CCCO[C@H]1CC[C@@H](N(C(=O)Nc2ncc(SCC(=O)O)s2)C2CCCCC2)CC1. The minimum atomic E-state index is -0.860. The van der Waals surface area contributed by atoms with Crippen LogP contribution in [-0.2, 0) is 9.53 Å². The van der Waals surface area contributed by atoms with Crippen LogP contribution in [-0.4, -0.2) is 57.5 Å². The van der Waals surface area contributed by atoms with Gasteiger partial charge in [-0.3, -0.25) is 10.1 Å². The number of ether oxygens (including phenoxy) is 1. The minimum absolute atomic E-state index is 0.00682. The number of anilines is 1. The van der Waals surface area contributed by atoms with Gasteiger partial charge < -0.3 is 14.7 Å². The van der Waals surface area contributed by atoms with Crippen LogP contribution in [0.25, 0.3) is 0 Å². The number of aromatic nitrogens is 1. The van der Waals surface area contributed by atoms with Gasteiger partial charge in [0.2, 0.25) is 0 Å². The molecular formula is C21H33N3O4S2. The molecule has 168 valence electrons. The summed E-state index contributed by atoms with van der Waals surface area (Å²) < 4.78 is 6.73. The summed E-state index contributed by atoms with van der Waals surface area (Å²) in [6, 6.07) is 0.469. The zero-order chi connectivity index (χ0) is 21.3. The number of thioether (sulfide) groups is 1. The molecule has 2 aliphatic carbocycles. The number of hydrogen-bond acceptors (Lipinski definition) is 6. The fourth-order valence-corrected chi connectivity index (χ4v) is 6.02. The molecule has 0 saturated heterocycles. The van der Waals surface area contributed by atoms with E-state index in [2.05, 4.69) is 22.1 Å². The molecule has 1 heterocycles. The highest BCUT2D eigenvalue weighted by atomic mass is 32.2. The first-order valence-corrected chi connectivity index (χ1v) is 12.9. The van der Waals surface area contributed by atoms with E-state index in [1.165, 1.54) is 42.4 Å². The number of carbonyl (C=O) groups excluding carboxylic acids is 1. The number of rotatable bonds is 9. The molecule has 3 rings (SSSR count). The number of aliphatic carboxylic acids is 1. The van der Waals surface area contributed by atoms with Gasteiger partial charge in [-0.15, -0.1) is 11.8 Å². The second kappa shape index (κ2) is 11.9. The van der Waals surface area contributed by atoms with Crippen LogP contribution >= 0.6 is 23.1 Å². The Labute approximate surface area is 187 Å².